The summed E-state index contributed by atoms with van der Waals surface area (Å²) in [6.45, 7) is 5.29. The van der Waals surface area contributed by atoms with Gasteiger partial charge in [-0.25, -0.2) is 0 Å². The van der Waals surface area contributed by atoms with Crippen LogP contribution >= 0.6 is 0 Å². The first-order chi connectivity index (χ1) is 22.8. The molecule has 4 heterocycles. The van der Waals surface area contributed by atoms with Gasteiger partial charge >= 0.3 is 0 Å². The summed E-state index contributed by atoms with van der Waals surface area (Å²) in [5, 5.41) is 5.26. The smallest absolute Gasteiger partial charge is 0.264 e. The number of nitrogens with zero attached hydrogens (tertiary/aromatic N) is 4. The lowest BCUT2D eigenvalue weighted by atomic mass is 9.95. The van der Waals surface area contributed by atoms with E-state index in [-0.39, 0.29) is 30.6 Å². The molecule has 12 nitrogen and oxygen atoms in total. The molecule has 1 saturated carbocycles. The number of nitrogens with one attached hydrogen (secondary N) is 2. The molecule has 2 unspecified atom stereocenters. The number of rotatable bonds is 8. The molecule has 3 saturated heterocycles. The van der Waals surface area contributed by atoms with Crippen molar-refractivity contribution in [3.05, 3.63) is 65.2 Å². The Hall–Kier alpha value is -4.58. The van der Waals surface area contributed by atoms with E-state index in [1.54, 1.807) is 24.3 Å². The van der Waals surface area contributed by atoms with Gasteiger partial charge in [0.25, 0.3) is 17.7 Å². The van der Waals surface area contributed by atoms with Gasteiger partial charge in [-0.15, -0.1) is 0 Å². The highest BCUT2D eigenvalue weighted by atomic mass is 16.2. The molecule has 246 valence electrons. The number of carbonyl (C=O) groups excluding carboxylic acids is 6. The van der Waals surface area contributed by atoms with Crippen LogP contribution in [0.15, 0.2) is 48.5 Å². The molecule has 4 aliphatic heterocycles. The van der Waals surface area contributed by atoms with Crippen LogP contribution < -0.4 is 15.5 Å². The van der Waals surface area contributed by atoms with Gasteiger partial charge in [0.05, 0.1) is 16.8 Å². The van der Waals surface area contributed by atoms with E-state index in [9.17, 15) is 28.8 Å². The van der Waals surface area contributed by atoms with Crippen molar-refractivity contribution in [2.45, 2.75) is 50.6 Å². The molecule has 0 radical (unpaired) electrons. The molecule has 2 aromatic carbocycles. The second-order valence-electron chi connectivity index (χ2n) is 13.4. The average Bonchev–Trinajstić information content (AvgIpc) is 3.90. The summed E-state index contributed by atoms with van der Waals surface area (Å²) < 4.78 is 0. The van der Waals surface area contributed by atoms with Gasteiger partial charge in [-0.2, -0.15) is 0 Å². The predicted octanol–water partition coefficient (Wildman–Crippen LogP) is 1.66. The number of piperidine rings is 2. The fourth-order valence-corrected chi connectivity index (χ4v) is 7.45. The molecular weight excluding hydrogens is 600 g/mol. The number of hydrogen-bond donors (Lipinski definition) is 2. The number of likely N-dealkylation sites (tertiary alicyclic amines) is 1. The molecule has 5 aliphatic rings. The van der Waals surface area contributed by atoms with Crippen LogP contribution in [0.1, 0.15) is 69.6 Å². The van der Waals surface area contributed by atoms with Gasteiger partial charge < -0.3 is 15.1 Å². The van der Waals surface area contributed by atoms with E-state index < -0.39 is 35.7 Å². The molecule has 0 bridgehead atoms. The Balaban J connectivity index is 0.913. The van der Waals surface area contributed by atoms with Crippen LogP contribution in [-0.4, -0.2) is 108 Å². The molecule has 12 heteroatoms. The first-order valence-electron chi connectivity index (χ1n) is 16.7. The highest BCUT2D eigenvalue weighted by Gasteiger charge is 2.46. The number of carbonyl (C=O) groups is 6. The first kappa shape index (κ1) is 31.0. The van der Waals surface area contributed by atoms with E-state index in [0.29, 0.717) is 54.5 Å². The Morgan fingerprint density at radius 3 is 2.21 bits per heavy atom. The molecule has 4 fully saturated rings. The third-order valence-corrected chi connectivity index (χ3v) is 10.3. The Labute approximate surface area is 273 Å². The van der Waals surface area contributed by atoms with E-state index in [0.717, 1.165) is 50.2 Å². The van der Waals surface area contributed by atoms with Crippen LogP contribution in [0, 0.1) is 11.8 Å². The van der Waals surface area contributed by atoms with Crippen molar-refractivity contribution >= 4 is 41.1 Å². The number of amides is 6. The fourth-order valence-electron chi connectivity index (χ4n) is 7.45. The lowest BCUT2D eigenvalue weighted by Crippen LogP contribution is -2.54. The maximum absolute atomic E-state index is 13.6. The van der Waals surface area contributed by atoms with E-state index >= 15 is 0 Å². The van der Waals surface area contributed by atoms with Crippen molar-refractivity contribution in [2.24, 2.45) is 11.8 Å². The topological polar surface area (TPSA) is 139 Å². The molecule has 2 aromatic rings. The maximum atomic E-state index is 13.6. The zero-order valence-electron chi connectivity index (χ0n) is 26.4. The lowest BCUT2D eigenvalue weighted by Gasteiger charge is -2.40. The molecular formula is C35H40N6O6. The van der Waals surface area contributed by atoms with Crippen molar-refractivity contribution < 1.29 is 28.8 Å². The van der Waals surface area contributed by atoms with E-state index in [1.165, 1.54) is 0 Å². The Kier molecular flexibility index (Phi) is 8.52. The second kappa shape index (κ2) is 12.9. The first-order valence-corrected chi connectivity index (χ1v) is 16.7. The second-order valence-corrected chi connectivity index (χ2v) is 13.4. The van der Waals surface area contributed by atoms with Crippen LogP contribution in [0.2, 0.25) is 0 Å². The Morgan fingerprint density at radius 1 is 0.809 bits per heavy atom. The molecule has 2 N–H and O–H groups in total. The summed E-state index contributed by atoms with van der Waals surface area (Å²) in [6.07, 6.45) is 3.96. The molecule has 0 aromatic heterocycles. The number of fused-ring (bicyclic) bond motifs is 1. The number of anilines is 1. The van der Waals surface area contributed by atoms with Crippen LogP contribution in [-0.2, 0) is 14.4 Å². The average molecular weight is 641 g/mol. The molecule has 2 atom stereocenters. The normalized spacial score (nSPS) is 23.1. The van der Waals surface area contributed by atoms with Crippen LogP contribution in [0.5, 0.6) is 0 Å². The van der Waals surface area contributed by atoms with Gasteiger partial charge in [0.15, 0.2) is 0 Å². The van der Waals surface area contributed by atoms with Gasteiger partial charge in [-0.3, -0.25) is 43.9 Å². The summed E-state index contributed by atoms with van der Waals surface area (Å²) in [7, 11) is 0. The minimum absolute atomic E-state index is 0.0310. The summed E-state index contributed by atoms with van der Waals surface area (Å²) >= 11 is 0. The van der Waals surface area contributed by atoms with Gasteiger partial charge in [0.1, 0.15) is 12.1 Å². The summed E-state index contributed by atoms with van der Waals surface area (Å²) in [5.41, 5.74) is 1.89. The van der Waals surface area contributed by atoms with Crippen LogP contribution in [0.3, 0.4) is 0 Å². The van der Waals surface area contributed by atoms with Crippen molar-refractivity contribution in [1.29, 1.82) is 0 Å². The third-order valence-electron chi connectivity index (χ3n) is 10.3. The van der Waals surface area contributed by atoms with Gasteiger partial charge in [0.2, 0.25) is 17.7 Å². The number of piperazine rings is 1. The maximum Gasteiger partial charge on any atom is 0.264 e. The summed E-state index contributed by atoms with van der Waals surface area (Å²) in [4.78, 5) is 84.7. The zero-order valence-corrected chi connectivity index (χ0v) is 26.4. The minimum atomic E-state index is -0.987. The summed E-state index contributed by atoms with van der Waals surface area (Å²) in [6, 6.07) is 12.8. The standard InChI is InChI=1S/C35H40N6O6/c42-28-12-11-27(32(44)36-28)41-33(45)25-7-4-8-26(29(25)34(41)46)39-19-17-38(18-20-39)21-22-13-15-40(16-14-22)35(47)30(23-9-10-23)37-31(43)24-5-2-1-3-6-24/h1-8,22-23,27,30H,9-21H2,(H,37,43)(H,36,42,44). The highest BCUT2D eigenvalue weighted by Crippen LogP contribution is 2.36. The molecule has 7 rings (SSSR count). The van der Waals surface area contributed by atoms with Gasteiger partial charge in [-0.05, 0) is 68.2 Å². The van der Waals surface area contributed by atoms with E-state index in [1.807, 2.05) is 29.2 Å². The van der Waals surface area contributed by atoms with Crippen molar-refractivity contribution in [1.82, 2.24) is 25.3 Å². The van der Waals surface area contributed by atoms with Crippen LogP contribution in [0.4, 0.5) is 5.69 Å². The SMILES string of the molecule is O=C1CCC(N2C(=O)c3cccc(N4CCN(CC5CCN(C(=O)C(NC(=O)c6ccccc6)C6CC6)CC5)CC4)c3C2=O)C(=O)N1. The molecule has 1 aliphatic carbocycles. The molecule has 47 heavy (non-hydrogen) atoms. The monoisotopic (exact) mass is 640 g/mol. The molecule has 0 spiro atoms. The molecule has 6 amide bonds. The van der Waals surface area contributed by atoms with E-state index in [4.69, 9.17) is 0 Å². The van der Waals surface area contributed by atoms with Crippen molar-refractivity contribution in [3.8, 4) is 0 Å². The highest BCUT2D eigenvalue weighted by molar-refractivity contribution is 6.25. The zero-order chi connectivity index (χ0) is 32.7. The number of hydrogen-bond acceptors (Lipinski definition) is 8. The summed E-state index contributed by atoms with van der Waals surface area (Å²) in [5.74, 6) is -1.48. The van der Waals surface area contributed by atoms with Crippen LogP contribution in [0.25, 0.3) is 0 Å². The van der Waals surface area contributed by atoms with Gasteiger partial charge in [-0.1, -0.05) is 24.3 Å². The number of imide groups is 2. The fraction of sp³-hybridized carbons (Fsp3) is 0.486. The van der Waals surface area contributed by atoms with Gasteiger partial charge in [0, 0.05) is 57.8 Å². The predicted molar refractivity (Wildman–Crippen MR) is 171 cm³/mol. The quantitative estimate of drug-likeness (QED) is 0.416. The number of benzene rings is 2. The van der Waals surface area contributed by atoms with Crippen molar-refractivity contribution in [2.75, 3.05) is 50.7 Å². The lowest BCUT2D eigenvalue weighted by molar-refractivity contribution is -0.136. The Morgan fingerprint density at radius 2 is 1.53 bits per heavy atom. The largest absolute Gasteiger partial charge is 0.368 e. The Bertz CT molecular complexity index is 1590. The van der Waals surface area contributed by atoms with E-state index in [2.05, 4.69) is 20.4 Å². The minimum Gasteiger partial charge on any atom is -0.368 e. The van der Waals surface area contributed by atoms with Crippen molar-refractivity contribution in [3.63, 3.8) is 0 Å². The third kappa shape index (κ3) is 6.26.